The number of hydrogen-bond donors (Lipinski definition) is 1. The monoisotopic (exact) mass is 535 g/mol. The summed E-state index contributed by atoms with van der Waals surface area (Å²) in [6, 6.07) is 17.7. The average molecular weight is 536 g/mol. The van der Waals surface area contributed by atoms with Gasteiger partial charge in [0.15, 0.2) is 11.0 Å². The topological polar surface area (TPSA) is 89.3 Å². The SMILES string of the molecule is CCOC(=O)c1c(-c2ccccc2)csc1NC(=O)CSc1nnc(-c2ccc(N(C)C)cc2)n1CC. The molecule has 1 N–H and O–H groups in total. The minimum Gasteiger partial charge on any atom is -0.462 e. The number of carbonyl (C=O) groups is 2. The summed E-state index contributed by atoms with van der Waals surface area (Å²) in [5, 5.41) is 14.6. The van der Waals surface area contributed by atoms with Crippen LogP contribution in [0.4, 0.5) is 10.7 Å². The summed E-state index contributed by atoms with van der Waals surface area (Å²) in [5.74, 6) is 0.185. The third kappa shape index (κ3) is 6.03. The molecule has 0 radical (unpaired) electrons. The number of ether oxygens (including phenoxy) is 1. The number of anilines is 2. The van der Waals surface area contributed by atoms with Crippen LogP contribution >= 0.6 is 23.1 Å². The number of nitrogens with one attached hydrogen (secondary N) is 1. The number of nitrogens with zero attached hydrogens (tertiary/aromatic N) is 4. The van der Waals surface area contributed by atoms with Gasteiger partial charge in [-0.2, -0.15) is 0 Å². The molecule has 0 bridgehead atoms. The lowest BCUT2D eigenvalue weighted by Crippen LogP contribution is -2.16. The van der Waals surface area contributed by atoms with Crippen LogP contribution in [0.3, 0.4) is 0 Å². The Bertz CT molecular complexity index is 1360. The maximum atomic E-state index is 12.9. The Morgan fingerprint density at radius 2 is 1.76 bits per heavy atom. The first kappa shape index (κ1) is 26.4. The van der Waals surface area contributed by atoms with Crippen LogP contribution in [0.2, 0.25) is 0 Å². The molecule has 4 rings (SSSR count). The van der Waals surface area contributed by atoms with E-state index in [1.807, 2.05) is 90.5 Å². The van der Waals surface area contributed by atoms with Gasteiger partial charge in [0, 0.05) is 42.8 Å². The lowest BCUT2D eigenvalue weighted by molar-refractivity contribution is -0.113. The number of hydrogen-bond acceptors (Lipinski definition) is 8. The van der Waals surface area contributed by atoms with Crippen LogP contribution in [-0.4, -0.2) is 53.1 Å². The minimum absolute atomic E-state index is 0.124. The number of thioether (sulfide) groups is 1. The van der Waals surface area contributed by atoms with Gasteiger partial charge in [-0.25, -0.2) is 4.79 Å². The zero-order valence-electron chi connectivity index (χ0n) is 21.2. The Hall–Kier alpha value is -3.63. The van der Waals surface area contributed by atoms with Crippen LogP contribution in [0, 0.1) is 0 Å². The van der Waals surface area contributed by atoms with Gasteiger partial charge in [0.2, 0.25) is 5.91 Å². The molecule has 0 aliphatic carbocycles. The van der Waals surface area contributed by atoms with Crippen LogP contribution < -0.4 is 10.2 Å². The van der Waals surface area contributed by atoms with Crippen molar-refractivity contribution in [2.24, 2.45) is 0 Å². The van der Waals surface area contributed by atoms with Gasteiger partial charge < -0.3 is 19.5 Å². The number of carbonyl (C=O) groups excluding carboxylic acids is 2. The van der Waals surface area contributed by atoms with Gasteiger partial charge in [0.1, 0.15) is 10.6 Å². The van der Waals surface area contributed by atoms with E-state index in [-0.39, 0.29) is 18.3 Å². The van der Waals surface area contributed by atoms with Gasteiger partial charge in [-0.05, 0) is 43.7 Å². The molecule has 0 atom stereocenters. The Morgan fingerprint density at radius 1 is 1.03 bits per heavy atom. The second-order valence-electron chi connectivity index (χ2n) is 8.27. The molecule has 0 saturated heterocycles. The van der Waals surface area contributed by atoms with Crippen LogP contribution in [0.1, 0.15) is 24.2 Å². The second kappa shape index (κ2) is 12.1. The van der Waals surface area contributed by atoms with Gasteiger partial charge in [0.05, 0.1) is 12.4 Å². The molecule has 192 valence electrons. The predicted octanol–water partition coefficient (Wildman–Crippen LogP) is 5.67. The van der Waals surface area contributed by atoms with Crippen molar-refractivity contribution in [3.63, 3.8) is 0 Å². The van der Waals surface area contributed by atoms with E-state index in [9.17, 15) is 9.59 Å². The van der Waals surface area contributed by atoms with E-state index >= 15 is 0 Å². The second-order valence-corrected chi connectivity index (χ2v) is 10.1. The van der Waals surface area contributed by atoms with Crippen LogP contribution in [-0.2, 0) is 16.1 Å². The molecule has 0 unspecified atom stereocenters. The maximum Gasteiger partial charge on any atom is 0.341 e. The molecule has 0 aliphatic rings. The highest BCUT2D eigenvalue weighted by Gasteiger charge is 2.23. The van der Waals surface area contributed by atoms with E-state index in [0.717, 1.165) is 28.2 Å². The molecule has 2 aromatic heterocycles. The molecule has 2 heterocycles. The average Bonchev–Trinajstić information content (AvgIpc) is 3.52. The van der Waals surface area contributed by atoms with E-state index in [0.29, 0.717) is 22.3 Å². The quantitative estimate of drug-likeness (QED) is 0.207. The highest BCUT2D eigenvalue weighted by molar-refractivity contribution is 7.99. The molecule has 0 spiro atoms. The summed E-state index contributed by atoms with van der Waals surface area (Å²) in [4.78, 5) is 27.7. The third-order valence-corrected chi connectivity index (χ3v) is 7.48. The lowest BCUT2D eigenvalue weighted by atomic mass is 10.0. The van der Waals surface area contributed by atoms with Gasteiger partial charge >= 0.3 is 5.97 Å². The molecule has 0 aliphatic heterocycles. The van der Waals surface area contributed by atoms with Crippen molar-refractivity contribution in [3.8, 4) is 22.5 Å². The Morgan fingerprint density at radius 3 is 2.41 bits per heavy atom. The largest absolute Gasteiger partial charge is 0.462 e. The summed E-state index contributed by atoms with van der Waals surface area (Å²) < 4.78 is 7.27. The Kier molecular flexibility index (Phi) is 8.62. The normalized spacial score (nSPS) is 10.8. The first-order chi connectivity index (χ1) is 17.9. The van der Waals surface area contributed by atoms with E-state index < -0.39 is 5.97 Å². The maximum absolute atomic E-state index is 12.9. The van der Waals surface area contributed by atoms with E-state index in [4.69, 9.17) is 4.74 Å². The number of rotatable bonds is 10. The Balaban J connectivity index is 1.49. The lowest BCUT2D eigenvalue weighted by Gasteiger charge is -2.13. The number of esters is 1. The predicted molar refractivity (Wildman–Crippen MR) is 151 cm³/mol. The van der Waals surface area contributed by atoms with Crippen molar-refractivity contribution in [2.75, 3.05) is 36.7 Å². The van der Waals surface area contributed by atoms with Gasteiger partial charge in [-0.1, -0.05) is 42.1 Å². The molecule has 0 saturated carbocycles. The highest BCUT2D eigenvalue weighted by Crippen LogP contribution is 2.36. The number of amides is 1. The van der Waals surface area contributed by atoms with Crippen LogP contribution in [0.25, 0.3) is 22.5 Å². The van der Waals surface area contributed by atoms with Crippen molar-refractivity contribution < 1.29 is 14.3 Å². The summed E-state index contributed by atoms with van der Waals surface area (Å²) in [6.07, 6.45) is 0. The van der Waals surface area contributed by atoms with Gasteiger partial charge in [0.25, 0.3) is 0 Å². The van der Waals surface area contributed by atoms with E-state index in [2.05, 4.69) is 15.5 Å². The first-order valence-corrected chi connectivity index (χ1v) is 13.8. The molecular formula is C27H29N5O3S2. The molecule has 37 heavy (non-hydrogen) atoms. The zero-order chi connectivity index (χ0) is 26.4. The van der Waals surface area contributed by atoms with E-state index in [1.54, 1.807) is 6.92 Å². The summed E-state index contributed by atoms with van der Waals surface area (Å²) >= 11 is 2.62. The fourth-order valence-electron chi connectivity index (χ4n) is 3.78. The highest BCUT2D eigenvalue weighted by atomic mass is 32.2. The third-order valence-electron chi connectivity index (χ3n) is 5.62. The van der Waals surface area contributed by atoms with Gasteiger partial charge in [-0.15, -0.1) is 21.5 Å². The Labute approximate surface area is 224 Å². The van der Waals surface area contributed by atoms with Crippen LogP contribution in [0.15, 0.2) is 65.1 Å². The molecule has 4 aromatic rings. The van der Waals surface area contributed by atoms with E-state index in [1.165, 1.54) is 23.1 Å². The molecule has 2 aromatic carbocycles. The van der Waals surface area contributed by atoms with Crippen molar-refractivity contribution in [3.05, 3.63) is 65.5 Å². The number of aromatic nitrogens is 3. The molecule has 0 fully saturated rings. The summed E-state index contributed by atoms with van der Waals surface area (Å²) in [5.41, 5.74) is 4.06. The minimum atomic E-state index is -0.457. The first-order valence-electron chi connectivity index (χ1n) is 11.9. The fourth-order valence-corrected chi connectivity index (χ4v) is 5.56. The number of thiophene rings is 1. The van der Waals surface area contributed by atoms with Crippen LogP contribution in [0.5, 0.6) is 0 Å². The van der Waals surface area contributed by atoms with Gasteiger partial charge in [-0.3, -0.25) is 4.79 Å². The fraction of sp³-hybridized carbons (Fsp3) is 0.259. The summed E-state index contributed by atoms with van der Waals surface area (Å²) in [7, 11) is 4.00. The summed E-state index contributed by atoms with van der Waals surface area (Å²) in [6.45, 7) is 4.70. The molecule has 1 amide bonds. The molecular weight excluding hydrogens is 506 g/mol. The standard InChI is InChI=1S/C27H29N5O3S2/c1-5-32-24(19-12-14-20(15-13-19)31(3)4)29-30-27(32)37-17-22(33)28-25-23(26(34)35-6-2)21(16-36-25)18-10-8-7-9-11-18/h7-16H,5-6,17H2,1-4H3,(H,28,33). The molecule has 10 heteroatoms. The van der Waals surface area contributed by atoms with Crippen molar-refractivity contribution in [1.82, 2.24) is 14.8 Å². The molecule has 8 nitrogen and oxygen atoms in total. The van der Waals surface area contributed by atoms with Crippen molar-refractivity contribution in [2.45, 2.75) is 25.5 Å². The van der Waals surface area contributed by atoms with Crippen molar-refractivity contribution >= 4 is 45.7 Å². The van der Waals surface area contributed by atoms with Crippen molar-refractivity contribution in [1.29, 1.82) is 0 Å². The zero-order valence-corrected chi connectivity index (χ0v) is 22.9. The number of benzene rings is 2. The smallest absolute Gasteiger partial charge is 0.341 e.